The maximum atomic E-state index is 12.5. The van der Waals surface area contributed by atoms with E-state index >= 15 is 0 Å². The lowest BCUT2D eigenvalue weighted by atomic mass is 10.1. The van der Waals surface area contributed by atoms with Crippen LogP contribution in [-0.4, -0.2) is 42.1 Å². The van der Waals surface area contributed by atoms with Gasteiger partial charge in [0.15, 0.2) is 11.6 Å². The highest BCUT2D eigenvalue weighted by Gasteiger charge is 2.43. The fraction of sp³-hybridized carbons (Fsp3) is 0.538. The third-order valence-corrected chi connectivity index (χ3v) is 4.34. The van der Waals surface area contributed by atoms with E-state index in [9.17, 15) is 4.79 Å². The van der Waals surface area contributed by atoms with Crippen molar-refractivity contribution in [3.8, 4) is 11.5 Å². The van der Waals surface area contributed by atoms with E-state index in [1.54, 1.807) is 6.33 Å². The largest absolute Gasteiger partial charge is 0.348 e. The van der Waals surface area contributed by atoms with Crippen LogP contribution in [0, 0.1) is 6.92 Å². The van der Waals surface area contributed by atoms with Gasteiger partial charge in [0, 0.05) is 12.2 Å². The zero-order chi connectivity index (χ0) is 13.9. The summed E-state index contributed by atoms with van der Waals surface area (Å²) < 4.78 is 1.96. The Kier molecular flexibility index (Phi) is 2.27. The first-order valence-electron chi connectivity index (χ1n) is 6.94. The fourth-order valence-corrected chi connectivity index (χ4v) is 3.31. The van der Waals surface area contributed by atoms with E-state index in [4.69, 9.17) is 0 Å². The van der Waals surface area contributed by atoms with Crippen molar-refractivity contribution < 1.29 is 4.79 Å². The van der Waals surface area contributed by atoms with Crippen LogP contribution >= 0.6 is 0 Å². The lowest BCUT2D eigenvalue weighted by Gasteiger charge is -2.34. The van der Waals surface area contributed by atoms with Gasteiger partial charge in [-0.05, 0) is 26.7 Å². The van der Waals surface area contributed by atoms with E-state index in [0.29, 0.717) is 5.82 Å². The Hall–Kier alpha value is -2.18. The minimum atomic E-state index is -0.263. The summed E-state index contributed by atoms with van der Waals surface area (Å²) in [5.74, 6) is 1.74. The molecule has 4 heterocycles. The monoisotopic (exact) mass is 272 g/mol. The van der Waals surface area contributed by atoms with Crippen LogP contribution in [0.2, 0.25) is 0 Å². The molecule has 7 nitrogen and oxygen atoms in total. The van der Waals surface area contributed by atoms with Gasteiger partial charge in [0.1, 0.15) is 11.7 Å². The van der Waals surface area contributed by atoms with Gasteiger partial charge in [-0.25, -0.2) is 4.98 Å². The summed E-state index contributed by atoms with van der Waals surface area (Å²) >= 11 is 0. The number of carbonyl (C=O) groups is 1. The number of nitrogens with zero attached hydrogens (tertiary/aromatic N) is 5. The van der Waals surface area contributed by atoms with Gasteiger partial charge in [0.05, 0.1) is 12.4 Å². The Labute approximate surface area is 116 Å². The van der Waals surface area contributed by atoms with Crippen LogP contribution in [0.15, 0.2) is 6.33 Å². The number of imidazole rings is 1. The van der Waals surface area contributed by atoms with Gasteiger partial charge in [0.2, 0.25) is 5.91 Å². The molecule has 1 N–H and O–H groups in total. The van der Waals surface area contributed by atoms with E-state index in [2.05, 4.69) is 20.2 Å². The van der Waals surface area contributed by atoms with Gasteiger partial charge < -0.3 is 9.88 Å². The van der Waals surface area contributed by atoms with E-state index in [-0.39, 0.29) is 18.0 Å². The van der Waals surface area contributed by atoms with Gasteiger partial charge >= 0.3 is 0 Å². The zero-order valence-electron chi connectivity index (χ0n) is 11.5. The van der Waals surface area contributed by atoms with Crippen LogP contribution in [-0.2, 0) is 4.79 Å². The quantitative estimate of drug-likeness (QED) is 0.846. The summed E-state index contributed by atoms with van der Waals surface area (Å²) in [5, 5.41) is 8.64. The predicted octanol–water partition coefficient (Wildman–Crippen LogP) is 1.21. The number of amides is 1. The minimum Gasteiger partial charge on any atom is -0.348 e. The molecule has 0 spiro atoms. The maximum absolute atomic E-state index is 12.5. The Balaban J connectivity index is 1.91. The Morgan fingerprint density at radius 1 is 1.40 bits per heavy atom. The minimum absolute atomic E-state index is 0.0826. The number of hydrogen-bond donors (Lipinski definition) is 1. The SMILES string of the molecule is Cc1[nH]cnc1-c1nnc2n1[C@@H](C)C(=O)N1CCC[C@@H]21. The summed E-state index contributed by atoms with van der Waals surface area (Å²) in [6.07, 6.45) is 3.65. The lowest BCUT2D eigenvalue weighted by molar-refractivity contribution is -0.137. The molecule has 0 bridgehead atoms. The first-order valence-corrected chi connectivity index (χ1v) is 6.94. The fourth-order valence-electron chi connectivity index (χ4n) is 3.31. The molecule has 0 radical (unpaired) electrons. The first-order chi connectivity index (χ1) is 9.68. The average molecular weight is 272 g/mol. The molecule has 0 unspecified atom stereocenters. The van der Waals surface area contributed by atoms with Crippen LogP contribution in [0.1, 0.15) is 43.4 Å². The van der Waals surface area contributed by atoms with Crippen molar-refractivity contribution in [1.82, 2.24) is 29.6 Å². The second-order valence-electron chi connectivity index (χ2n) is 5.49. The molecule has 1 fully saturated rings. The molecule has 2 aliphatic heterocycles. The third-order valence-electron chi connectivity index (χ3n) is 4.34. The number of hydrogen-bond acceptors (Lipinski definition) is 4. The van der Waals surface area contributed by atoms with Crippen molar-refractivity contribution in [3.63, 3.8) is 0 Å². The molecule has 0 aliphatic carbocycles. The first kappa shape index (κ1) is 11.6. The molecule has 2 atom stereocenters. The highest BCUT2D eigenvalue weighted by Crippen LogP contribution is 2.40. The Bertz CT molecular complexity index is 687. The van der Waals surface area contributed by atoms with Crippen LogP contribution in [0.3, 0.4) is 0 Å². The molecule has 2 aromatic heterocycles. The Morgan fingerprint density at radius 2 is 2.25 bits per heavy atom. The van der Waals surface area contributed by atoms with Crippen molar-refractivity contribution in [1.29, 1.82) is 0 Å². The van der Waals surface area contributed by atoms with E-state index in [0.717, 1.165) is 36.6 Å². The summed E-state index contributed by atoms with van der Waals surface area (Å²) in [5.41, 5.74) is 1.71. The number of carbonyl (C=O) groups excluding carboxylic acids is 1. The molecule has 1 amide bonds. The second-order valence-corrected chi connectivity index (χ2v) is 5.49. The number of rotatable bonds is 1. The maximum Gasteiger partial charge on any atom is 0.246 e. The van der Waals surface area contributed by atoms with Crippen LogP contribution < -0.4 is 0 Å². The molecule has 4 rings (SSSR count). The molecular weight excluding hydrogens is 256 g/mol. The molecule has 0 aromatic carbocycles. The van der Waals surface area contributed by atoms with E-state index in [1.807, 2.05) is 23.3 Å². The van der Waals surface area contributed by atoms with Crippen molar-refractivity contribution in [2.45, 2.75) is 38.8 Å². The number of aryl methyl sites for hydroxylation is 1. The van der Waals surface area contributed by atoms with Gasteiger partial charge in [-0.1, -0.05) is 0 Å². The lowest BCUT2D eigenvalue weighted by Crippen LogP contribution is -2.42. The molecule has 20 heavy (non-hydrogen) atoms. The normalized spacial score (nSPS) is 24.9. The number of fused-ring (bicyclic) bond motifs is 3. The smallest absolute Gasteiger partial charge is 0.246 e. The van der Waals surface area contributed by atoms with Crippen LogP contribution in [0.5, 0.6) is 0 Å². The van der Waals surface area contributed by atoms with Crippen molar-refractivity contribution in [2.75, 3.05) is 6.54 Å². The van der Waals surface area contributed by atoms with Crippen molar-refractivity contribution >= 4 is 5.91 Å². The van der Waals surface area contributed by atoms with Crippen molar-refractivity contribution in [2.24, 2.45) is 0 Å². The Morgan fingerprint density at radius 3 is 3.00 bits per heavy atom. The average Bonchev–Trinajstić information content (AvgIpc) is 3.12. The number of aromatic amines is 1. The molecule has 0 saturated carbocycles. The molecule has 1 saturated heterocycles. The van der Waals surface area contributed by atoms with Gasteiger partial charge in [-0.3, -0.25) is 9.36 Å². The summed E-state index contributed by atoms with van der Waals surface area (Å²) in [4.78, 5) is 21.8. The summed E-state index contributed by atoms with van der Waals surface area (Å²) in [6.45, 7) is 4.69. The molecular formula is C13H16N6O. The van der Waals surface area contributed by atoms with Gasteiger partial charge in [-0.15, -0.1) is 10.2 Å². The van der Waals surface area contributed by atoms with Crippen molar-refractivity contribution in [3.05, 3.63) is 17.8 Å². The number of nitrogens with one attached hydrogen (secondary N) is 1. The highest BCUT2D eigenvalue weighted by atomic mass is 16.2. The topological polar surface area (TPSA) is 79.7 Å². The molecule has 104 valence electrons. The highest BCUT2D eigenvalue weighted by molar-refractivity contribution is 5.82. The standard InChI is InChI=1S/C13H16N6O/c1-7-10(15-6-14-7)12-17-16-11-9-4-3-5-18(9)13(20)8(2)19(11)12/h6,8-9H,3-5H2,1-2H3,(H,14,15)/t8-,9-/m0/s1. The molecule has 7 heteroatoms. The third kappa shape index (κ3) is 1.35. The summed E-state index contributed by atoms with van der Waals surface area (Å²) in [6, 6.07) is -0.181. The zero-order valence-corrected chi connectivity index (χ0v) is 11.5. The van der Waals surface area contributed by atoms with Gasteiger partial charge in [0.25, 0.3) is 0 Å². The molecule has 2 aromatic rings. The summed E-state index contributed by atoms with van der Waals surface area (Å²) in [7, 11) is 0. The molecule has 2 aliphatic rings. The number of H-pyrrole nitrogens is 1. The predicted molar refractivity (Wildman–Crippen MR) is 70.7 cm³/mol. The van der Waals surface area contributed by atoms with E-state index < -0.39 is 0 Å². The van der Waals surface area contributed by atoms with Crippen LogP contribution in [0.25, 0.3) is 11.5 Å². The van der Waals surface area contributed by atoms with E-state index in [1.165, 1.54) is 0 Å². The van der Waals surface area contributed by atoms with Gasteiger partial charge in [-0.2, -0.15) is 0 Å². The number of aromatic nitrogens is 5. The second kappa shape index (κ2) is 3.91. The van der Waals surface area contributed by atoms with Crippen LogP contribution in [0.4, 0.5) is 0 Å².